The first kappa shape index (κ1) is 50.9. The minimum Gasteiger partial charge on any atom is -0.462 e. The van der Waals surface area contributed by atoms with Crippen molar-refractivity contribution in [2.45, 2.75) is 142 Å². The number of unbranched alkanes of at least 4 members (excludes halogenated alkanes) is 5. The Morgan fingerprint density at radius 2 is 0.810 bits per heavy atom. The van der Waals surface area contributed by atoms with Gasteiger partial charge >= 0.3 is 41.8 Å². The monoisotopic (exact) mass is 820 g/mol. The van der Waals surface area contributed by atoms with E-state index in [-0.39, 0.29) is 93.7 Å². The molecule has 1 fully saturated rings. The minimum absolute atomic E-state index is 0.0266. The maximum Gasteiger partial charge on any atom is 0.333 e. The van der Waals surface area contributed by atoms with Crippen LogP contribution in [0.5, 0.6) is 0 Å². The molecule has 0 amide bonds. The van der Waals surface area contributed by atoms with E-state index in [0.29, 0.717) is 44.1 Å². The van der Waals surface area contributed by atoms with Crippen molar-refractivity contribution >= 4 is 47.6 Å². The fourth-order valence-corrected chi connectivity index (χ4v) is 4.97. The Morgan fingerprint density at radius 3 is 1.22 bits per heavy atom. The van der Waals surface area contributed by atoms with Gasteiger partial charge in [-0.25, -0.2) is 14.4 Å². The van der Waals surface area contributed by atoms with Crippen molar-refractivity contribution in [2.75, 3.05) is 26.4 Å². The molecule has 1 aliphatic rings. The van der Waals surface area contributed by atoms with Gasteiger partial charge < -0.3 is 37.9 Å². The smallest absolute Gasteiger partial charge is 0.333 e. The van der Waals surface area contributed by atoms with Gasteiger partial charge in [0.05, 0.1) is 26.4 Å². The predicted octanol–water partition coefficient (Wildman–Crippen LogP) is 5.59. The van der Waals surface area contributed by atoms with Gasteiger partial charge in [-0.1, -0.05) is 32.7 Å². The summed E-state index contributed by atoms with van der Waals surface area (Å²) in [6.45, 7) is 20.0. The predicted molar refractivity (Wildman–Crippen MR) is 207 cm³/mol. The molecule has 1 heterocycles. The molecule has 0 aromatic heterocycles. The van der Waals surface area contributed by atoms with Crippen LogP contribution >= 0.6 is 0 Å². The van der Waals surface area contributed by atoms with E-state index in [1.54, 1.807) is 6.92 Å². The van der Waals surface area contributed by atoms with Gasteiger partial charge in [-0.15, -0.1) is 0 Å². The van der Waals surface area contributed by atoms with Gasteiger partial charge in [0.15, 0.2) is 18.0 Å². The molecule has 16 heteroatoms. The van der Waals surface area contributed by atoms with Crippen LogP contribution in [-0.2, 0) is 76.3 Å². The number of hydrogen-bond donors (Lipinski definition) is 0. The largest absolute Gasteiger partial charge is 0.462 e. The van der Waals surface area contributed by atoms with E-state index < -0.39 is 73.0 Å². The lowest BCUT2D eigenvalue weighted by atomic mass is 10.0. The Hall–Kier alpha value is -5.12. The highest BCUT2D eigenvalue weighted by Gasteiger charge is 2.49. The van der Waals surface area contributed by atoms with Gasteiger partial charge in [-0.3, -0.25) is 24.0 Å². The van der Waals surface area contributed by atoms with Crippen LogP contribution in [0.15, 0.2) is 48.6 Å². The summed E-state index contributed by atoms with van der Waals surface area (Å²) in [6.07, 6.45) is -2.99. The molecule has 1 saturated heterocycles. The number of ether oxygens (including phenoxy) is 8. The molecule has 16 nitrogen and oxygen atoms in total. The van der Waals surface area contributed by atoms with E-state index in [9.17, 15) is 38.4 Å². The summed E-state index contributed by atoms with van der Waals surface area (Å²) in [5, 5.41) is 0. The van der Waals surface area contributed by atoms with Gasteiger partial charge in [0, 0.05) is 48.8 Å². The van der Waals surface area contributed by atoms with Gasteiger partial charge in [0.25, 0.3) is 0 Å². The molecule has 0 aliphatic carbocycles. The number of hydrogen-bond acceptors (Lipinski definition) is 16. The van der Waals surface area contributed by atoms with Crippen LogP contribution in [0, 0.1) is 0 Å². The molecular formula is C42H60O16. The lowest BCUT2D eigenvalue weighted by Crippen LogP contribution is -2.58. The van der Waals surface area contributed by atoms with Crippen LogP contribution in [0.2, 0.25) is 0 Å². The number of carbonyl (C=O) groups is 8. The third kappa shape index (κ3) is 22.0. The maximum absolute atomic E-state index is 13.2. The van der Waals surface area contributed by atoms with Crippen LogP contribution in [0.4, 0.5) is 0 Å². The van der Waals surface area contributed by atoms with E-state index >= 15 is 0 Å². The molecule has 2 unspecified atom stereocenters. The number of Topliss-reactive ketones (excluding diaryl/α,β-unsaturated/α-hetero) is 1. The molecule has 0 bridgehead atoms. The fraction of sp³-hybridized carbons (Fsp3) is 0.619. The zero-order valence-electron chi connectivity index (χ0n) is 34.4. The summed E-state index contributed by atoms with van der Waals surface area (Å²) in [4.78, 5) is 99.2. The Bertz CT molecular complexity index is 1380. The molecule has 0 aromatic rings. The fourth-order valence-electron chi connectivity index (χ4n) is 4.97. The average molecular weight is 821 g/mol. The third-order valence-electron chi connectivity index (χ3n) is 8.28. The lowest BCUT2D eigenvalue weighted by Gasteiger charge is -2.40. The second-order valence-corrected chi connectivity index (χ2v) is 14.0. The zero-order chi connectivity index (χ0) is 43.6. The van der Waals surface area contributed by atoms with Crippen molar-refractivity contribution < 1.29 is 76.3 Å². The van der Waals surface area contributed by atoms with Gasteiger partial charge in [-0.2, -0.15) is 0 Å². The normalized spacial score (nSPS) is 17.1. The molecule has 0 spiro atoms. The second-order valence-electron chi connectivity index (χ2n) is 14.0. The first-order valence-corrected chi connectivity index (χ1v) is 19.5. The number of carbonyl (C=O) groups excluding carboxylic acids is 8. The van der Waals surface area contributed by atoms with E-state index in [2.05, 4.69) is 26.3 Å². The van der Waals surface area contributed by atoms with Crippen molar-refractivity contribution in [3.8, 4) is 0 Å². The summed E-state index contributed by atoms with van der Waals surface area (Å²) in [5.41, 5.74) is 1.13. The molecule has 1 rings (SSSR count). The first-order chi connectivity index (χ1) is 27.4. The Kier molecular flexibility index (Phi) is 24.8. The first-order valence-electron chi connectivity index (χ1n) is 19.5. The molecular weight excluding hydrogens is 760 g/mol. The van der Waals surface area contributed by atoms with Crippen LogP contribution in [0.3, 0.4) is 0 Å². The number of ketones is 1. The Labute approximate surface area is 340 Å². The topological polar surface area (TPSA) is 210 Å². The van der Waals surface area contributed by atoms with Crippen molar-refractivity contribution in [3.63, 3.8) is 0 Å². The molecule has 1 aliphatic heterocycles. The number of rotatable bonds is 29. The van der Waals surface area contributed by atoms with Crippen LogP contribution < -0.4 is 0 Å². The summed E-state index contributed by atoms with van der Waals surface area (Å²) >= 11 is 0. The summed E-state index contributed by atoms with van der Waals surface area (Å²) < 4.78 is 43.7. The molecule has 0 aromatic carbocycles. The molecule has 0 N–H and O–H groups in total. The minimum atomic E-state index is -1.57. The van der Waals surface area contributed by atoms with Gasteiger partial charge in [0.2, 0.25) is 12.4 Å². The summed E-state index contributed by atoms with van der Waals surface area (Å²) in [6, 6.07) is 0. The molecule has 58 heavy (non-hydrogen) atoms. The highest BCUT2D eigenvalue weighted by atomic mass is 16.7. The highest BCUT2D eigenvalue weighted by Crippen LogP contribution is 2.27. The van der Waals surface area contributed by atoms with E-state index in [1.165, 1.54) is 20.8 Å². The number of allylic oxidation sites excluding steroid dienone is 1. The standard InChI is InChI=1S/C42H60O16/c1-27(2)31(43)18-10-9-11-19-35(46)57-38-37(56-34(45)21-13-16-24-52-40(49)29(5)6)32(55-33(44)20-12-15-23-51-39(48)28(3)4)26-54-42(38)58-36(47)22-14-17-25-53-41(50)30(7)8/h32,37-38,42H,1,3,5,7,9-26H2,2,4,6,8H3/t32-,37?,38-,42?/m1/s1. The Morgan fingerprint density at radius 1 is 0.448 bits per heavy atom. The van der Waals surface area contributed by atoms with Gasteiger partial charge in [0.1, 0.15) is 0 Å². The molecule has 324 valence electrons. The molecule has 4 atom stereocenters. The van der Waals surface area contributed by atoms with Gasteiger partial charge in [-0.05, 0) is 84.6 Å². The average Bonchev–Trinajstić information content (AvgIpc) is 3.15. The van der Waals surface area contributed by atoms with Crippen molar-refractivity contribution in [1.82, 2.24) is 0 Å². The lowest BCUT2D eigenvalue weighted by molar-refractivity contribution is -0.275. The van der Waals surface area contributed by atoms with E-state index in [0.717, 1.165) is 0 Å². The summed E-state index contributed by atoms with van der Waals surface area (Å²) in [7, 11) is 0. The van der Waals surface area contributed by atoms with E-state index in [4.69, 9.17) is 37.9 Å². The van der Waals surface area contributed by atoms with E-state index in [1.807, 2.05) is 0 Å². The third-order valence-corrected chi connectivity index (χ3v) is 8.28. The zero-order valence-corrected chi connectivity index (χ0v) is 34.4. The van der Waals surface area contributed by atoms with Crippen LogP contribution in [0.25, 0.3) is 0 Å². The number of esters is 7. The van der Waals surface area contributed by atoms with Crippen molar-refractivity contribution in [2.24, 2.45) is 0 Å². The summed E-state index contributed by atoms with van der Waals surface area (Å²) in [5.74, 6) is -4.75. The maximum atomic E-state index is 13.2. The molecule has 0 radical (unpaired) electrons. The highest BCUT2D eigenvalue weighted by molar-refractivity contribution is 5.94. The van der Waals surface area contributed by atoms with Crippen LogP contribution in [0.1, 0.15) is 118 Å². The van der Waals surface area contributed by atoms with Crippen LogP contribution in [-0.4, -0.2) is 98.6 Å². The quantitative estimate of drug-likeness (QED) is 0.0390. The SMILES string of the molecule is C=C(C)C(=O)CCCCCC(=O)O[C@H]1C(OC(=O)CCCCOC(=O)C(=C)C)OC[C@@H](OC(=O)CCCCOC(=O)C(=C)C)C1OC(=O)CCCCOC(=O)C(=C)C. The van der Waals surface area contributed by atoms with Crippen molar-refractivity contribution in [3.05, 3.63) is 48.6 Å². The Balaban J connectivity index is 3.15. The molecule has 0 saturated carbocycles. The van der Waals surface area contributed by atoms with Crippen molar-refractivity contribution in [1.29, 1.82) is 0 Å². The second kappa shape index (κ2) is 28.3.